The van der Waals surface area contributed by atoms with Crippen molar-refractivity contribution in [3.8, 4) is 11.5 Å². The van der Waals surface area contributed by atoms with Crippen molar-refractivity contribution < 1.29 is 23.3 Å². The van der Waals surface area contributed by atoms with Gasteiger partial charge in [0.05, 0.1) is 20.3 Å². The Morgan fingerprint density at radius 1 is 1.10 bits per heavy atom. The highest BCUT2D eigenvalue weighted by atomic mass is 19.1. The lowest BCUT2D eigenvalue weighted by atomic mass is 9.84. The maximum absolute atomic E-state index is 14.8. The van der Waals surface area contributed by atoms with Gasteiger partial charge in [0.25, 0.3) is 0 Å². The van der Waals surface area contributed by atoms with Gasteiger partial charge in [0.2, 0.25) is 0 Å². The van der Waals surface area contributed by atoms with E-state index in [-0.39, 0.29) is 11.7 Å². The average Bonchev–Trinajstić information content (AvgIpc) is 3.22. The molecule has 1 fully saturated rings. The van der Waals surface area contributed by atoms with E-state index < -0.39 is 5.79 Å². The van der Waals surface area contributed by atoms with Crippen LogP contribution in [0.3, 0.4) is 0 Å². The van der Waals surface area contributed by atoms with Gasteiger partial charge in [0.15, 0.2) is 17.3 Å². The predicted molar refractivity (Wildman–Crippen MR) is 113 cm³/mol. The van der Waals surface area contributed by atoms with Gasteiger partial charge in [-0.05, 0) is 36.0 Å². The molecule has 5 heteroatoms. The van der Waals surface area contributed by atoms with Gasteiger partial charge < -0.3 is 18.9 Å². The fourth-order valence-corrected chi connectivity index (χ4v) is 4.23. The predicted octanol–water partition coefficient (Wildman–Crippen LogP) is 5.45. The fourth-order valence-electron chi connectivity index (χ4n) is 4.23. The van der Waals surface area contributed by atoms with E-state index in [0.29, 0.717) is 43.3 Å². The summed E-state index contributed by atoms with van der Waals surface area (Å²) in [6.07, 6.45) is 5.37. The number of benzene rings is 2. The van der Waals surface area contributed by atoms with Crippen molar-refractivity contribution in [1.29, 1.82) is 0 Å². The Kier molecular flexibility index (Phi) is 6.40. The number of ether oxygens (including phenoxy) is 4. The van der Waals surface area contributed by atoms with Crippen molar-refractivity contribution in [2.24, 2.45) is 5.92 Å². The molecular formula is C25H29FO4. The van der Waals surface area contributed by atoms with Crippen LogP contribution in [0.5, 0.6) is 11.5 Å². The molecule has 30 heavy (non-hydrogen) atoms. The third kappa shape index (κ3) is 4.68. The number of halogens is 1. The quantitative estimate of drug-likeness (QED) is 0.567. The molecule has 0 amide bonds. The molecule has 1 saturated heterocycles. The van der Waals surface area contributed by atoms with Gasteiger partial charge in [-0.2, -0.15) is 0 Å². The molecule has 1 aliphatic heterocycles. The third-order valence-electron chi connectivity index (χ3n) is 6.01. The van der Waals surface area contributed by atoms with Crippen molar-refractivity contribution in [2.45, 2.75) is 45.0 Å². The van der Waals surface area contributed by atoms with Crippen molar-refractivity contribution >= 4 is 0 Å². The topological polar surface area (TPSA) is 36.9 Å². The molecule has 2 aromatic rings. The van der Waals surface area contributed by atoms with Crippen LogP contribution in [0.15, 0.2) is 54.1 Å². The summed E-state index contributed by atoms with van der Waals surface area (Å²) in [5.74, 6) is 0.519. The Balaban J connectivity index is 1.46. The molecule has 1 atom stereocenters. The lowest BCUT2D eigenvalue weighted by Crippen LogP contribution is -2.32. The van der Waals surface area contributed by atoms with Gasteiger partial charge in [-0.25, -0.2) is 4.39 Å². The minimum atomic E-state index is -0.424. The first-order chi connectivity index (χ1) is 14.6. The molecule has 1 unspecified atom stereocenters. The van der Waals surface area contributed by atoms with Crippen LogP contribution in [0.25, 0.3) is 0 Å². The normalized spacial score (nSPS) is 18.8. The van der Waals surface area contributed by atoms with E-state index in [2.05, 4.69) is 13.0 Å². The van der Waals surface area contributed by atoms with Crippen LogP contribution in [0.1, 0.15) is 37.3 Å². The van der Waals surface area contributed by atoms with E-state index in [1.54, 1.807) is 6.07 Å². The van der Waals surface area contributed by atoms with Crippen LogP contribution in [0.2, 0.25) is 0 Å². The summed E-state index contributed by atoms with van der Waals surface area (Å²) < 4.78 is 37.6. The zero-order valence-corrected chi connectivity index (χ0v) is 17.7. The smallest absolute Gasteiger partial charge is 0.172 e. The summed E-state index contributed by atoms with van der Waals surface area (Å²) in [5.41, 5.74) is 3.03. The zero-order valence-electron chi connectivity index (χ0n) is 17.7. The molecular weight excluding hydrogens is 383 g/mol. The van der Waals surface area contributed by atoms with Gasteiger partial charge in [-0.15, -0.1) is 0 Å². The Morgan fingerprint density at radius 2 is 1.87 bits per heavy atom. The van der Waals surface area contributed by atoms with Gasteiger partial charge in [0.1, 0.15) is 12.4 Å². The third-order valence-corrected chi connectivity index (χ3v) is 6.01. The van der Waals surface area contributed by atoms with Crippen LogP contribution in [0, 0.1) is 11.7 Å². The summed E-state index contributed by atoms with van der Waals surface area (Å²) in [6.45, 7) is 3.89. The fraction of sp³-hybridized carbons (Fsp3) is 0.440. The van der Waals surface area contributed by atoms with Crippen molar-refractivity contribution in [3.05, 3.63) is 71.1 Å². The SMILES string of the molecule is COc1cc(F)c(CC(C)C2=CCC3(CC2)OCCO3)cc1OCc1ccccc1. The molecule has 0 N–H and O–H groups in total. The van der Waals surface area contributed by atoms with Gasteiger partial charge in [-0.3, -0.25) is 0 Å². The Hall–Kier alpha value is -2.37. The highest BCUT2D eigenvalue weighted by Gasteiger charge is 2.38. The molecule has 160 valence electrons. The van der Waals surface area contributed by atoms with E-state index in [9.17, 15) is 4.39 Å². The van der Waals surface area contributed by atoms with Crippen LogP contribution in [-0.2, 0) is 22.5 Å². The number of hydrogen-bond donors (Lipinski definition) is 0. The van der Waals surface area contributed by atoms with Gasteiger partial charge in [-0.1, -0.05) is 48.9 Å². The van der Waals surface area contributed by atoms with E-state index in [1.807, 2.05) is 30.3 Å². The minimum absolute atomic E-state index is 0.230. The monoisotopic (exact) mass is 412 g/mol. The minimum Gasteiger partial charge on any atom is -0.493 e. The Bertz CT molecular complexity index is 888. The summed E-state index contributed by atoms with van der Waals surface area (Å²) in [4.78, 5) is 0. The second-order valence-electron chi connectivity index (χ2n) is 8.06. The maximum atomic E-state index is 14.8. The average molecular weight is 413 g/mol. The number of methoxy groups -OCH3 is 1. The second-order valence-corrected chi connectivity index (χ2v) is 8.06. The lowest BCUT2D eigenvalue weighted by molar-refractivity contribution is -0.161. The van der Waals surface area contributed by atoms with E-state index in [0.717, 1.165) is 24.8 Å². The zero-order chi connectivity index (χ0) is 21.0. The van der Waals surface area contributed by atoms with Crippen LogP contribution in [-0.4, -0.2) is 26.1 Å². The van der Waals surface area contributed by atoms with Gasteiger partial charge in [0, 0.05) is 18.9 Å². The first-order valence-electron chi connectivity index (χ1n) is 10.6. The molecule has 0 saturated carbocycles. The molecule has 2 aromatic carbocycles. The van der Waals surface area contributed by atoms with Crippen LogP contribution >= 0.6 is 0 Å². The maximum Gasteiger partial charge on any atom is 0.172 e. The van der Waals surface area contributed by atoms with Crippen molar-refractivity contribution in [1.82, 2.24) is 0 Å². The van der Waals surface area contributed by atoms with E-state index >= 15 is 0 Å². The summed E-state index contributed by atoms with van der Waals surface area (Å²) in [7, 11) is 1.53. The standard InChI is InChI=1S/C25H29FO4/c1-18(20-8-10-25(11-9-20)29-12-13-30-25)14-21-15-24(23(27-2)16-22(21)26)28-17-19-6-4-3-5-7-19/h3-8,15-16,18H,9-14,17H2,1-2H3. The summed E-state index contributed by atoms with van der Waals surface area (Å²) >= 11 is 0. The van der Waals surface area contributed by atoms with Crippen LogP contribution in [0.4, 0.5) is 4.39 Å². The largest absolute Gasteiger partial charge is 0.493 e. The number of allylic oxidation sites excluding steroid dienone is 1. The van der Waals surface area contributed by atoms with Gasteiger partial charge >= 0.3 is 0 Å². The Morgan fingerprint density at radius 3 is 2.53 bits per heavy atom. The molecule has 0 bridgehead atoms. The molecule has 0 radical (unpaired) electrons. The number of rotatable bonds is 7. The summed E-state index contributed by atoms with van der Waals surface area (Å²) in [6, 6.07) is 13.1. The molecule has 1 heterocycles. The molecule has 1 aliphatic carbocycles. The van der Waals surface area contributed by atoms with E-state index in [4.69, 9.17) is 18.9 Å². The first kappa shape index (κ1) is 20.9. The number of hydrogen-bond acceptors (Lipinski definition) is 4. The first-order valence-corrected chi connectivity index (χ1v) is 10.6. The molecule has 1 spiro atoms. The highest BCUT2D eigenvalue weighted by Crippen LogP contribution is 2.38. The molecule has 4 nitrogen and oxygen atoms in total. The highest BCUT2D eigenvalue weighted by molar-refractivity contribution is 5.44. The molecule has 2 aliphatic rings. The second kappa shape index (κ2) is 9.19. The lowest BCUT2D eigenvalue weighted by Gasteiger charge is -2.32. The van der Waals surface area contributed by atoms with Crippen molar-refractivity contribution in [2.75, 3.05) is 20.3 Å². The van der Waals surface area contributed by atoms with E-state index in [1.165, 1.54) is 18.7 Å². The molecule has 0 aromatic heterocycles. The van der Waals surface area contributed by atoms with Crippen LogP contribution < -0.4 is 9.47 Å². The molecule has 4 rings (SSSR count). The van der Waals surface area contributed by atoms with Crippen molar-refractivity contribution in [3.63, 3.8) is 0 Å². The Labute approximate surface area is 177 Å². The summed E-state index contributed by atoms with van der Waals surface area (Å²) in [5, 5.41) is 0.